The van der Waals surface area contributed by atoms with E-state index in [9.17, 15) is 4.79 Å². The lowest BCUT2D eigenvalue weighted by atomic mass is 10.1. The predicted octanol–water partition coefficient (Wildman–Crippen LogP) is 2.72. The topological polar surface area (TPSA) is 58.4 Å². The van der Waals surface area contributed by atoms with Crippen molar-refractivity contribution < 1.29 is 9.90 Å². The van der Waals surface area contributed by atoms with Gasteiger partial charge in [0, 0.05) is 18.2 Å². The maximum absolute atomic E-state index is 11.0. The molecular weight excluding hydrogens is 278 g/mol. The summed E-state index contributed by atoms with van der Waals surface area (Å²) in [6.07, 6.45) is 1.95. The first-order chi connectivity index (χ1) is 9.40. The summed E-state index contributed by atoms with van der Waals surface area (Å²) in [7, 11) is 0. The Morgan fingerprint density at radius 2 is 2.25 bits per heavy atom. The summed E-state index contributed by atoms with van der Waals surface area (Å²) in [6, 6.07) is 0.0829. The van der Waals surface area contributed by atoms with Crippen LogP contribution in [0.1, 0.15) is 44.0 Å². The lowest BCUT2D eigenvalue weighted by Gasteiger charge is -2.22. The molecule has 1 aliphatic heterocycles. The Balaban J connectivity index is 2.27. The predicted molar refractivity (Wildman–Crippen MR) is 78.0 cm³/mol. The molecule has 2 heterocycles. The second kappa shape index (κ2) is 6.14. The molecule has 0 amide bonds. The molecular formula is C14H22ClN3O2. The normalized spacial score (nSPS) is 19.9. The molecule has 1 atom stereocenters. The minimum Gasteiger partial charge on any atom is -0.480 e. The van der Waals surface area contributed by atoms with Crippen LogP contribution < -0.4 is 0 Å². The van der Waals surface area contributed by atoms with Gasteiger partial charge in [0.1, 0.15) is 5.15 Å². The summed E-state index contributed by atoms with van der Waals surface area (Å²) in [4.78, 5) is 12.9. The molecule has 6 heteroatoms. The van der Waals surface area contributed by atoms with E-state index in [0.717, 1.165) is 37.2 Å². The van der Waals surface area contributed by atoms with E-state index >= 15 is 0 Å². The van der Waals surface area contributed by atoms with E-state index in [4.69, 9.17) is 16.7 Å². The molecule has 1 aromatic rings. The van der Waals surface area contributed by atoms with Crippen LogP contribution in [0.3, 0.4) is 0 Å². The number of halogens is 1. The number of likely N-dealkylation sites (tertiary alicyclic amines) is 1. The number of nitrogens with zero attached hydrogens (tertiary/aromatic N) is 3. The fourth-order valence-electron chi connectivity index (χ4n) is 2.93. The zero-order valence-electron chi connectivity index (χ0n) is 12.3. The number of carboxylic acid groups (broad SMARTS) is 1. The molecule has 1 saturated heterocycles. The first-order valence-electron chi connectivity index (χ1n) is 7.08. The average Bonchev–Trinajstić information content (AvgIpc) is 2.84. The van der Waals surface area contributed by atoms with Crippen LogP contribution in [0.5, 0.6) is 0 Å². The number of aromatic nitrogens is 2. The number of carboxylic acids is 1. The van der Waals surface area contributed by atoms with Crippen LogP contribution >= 0.6 is 11.6 Å². The number of carbonyl (C=O) groups is 1. The molecule has 1 aromatic heterocycles. The van der Waals surface area contributed by atoms with Crippen molar-refractivity contribution in [3.63, 3.8) is 0 Å². The van der Waals surface area contributed by atoms with E-state index in [1.54, 1.807) is 0 Å². The fourth-order valence-corrected chi connectivity index (χ4v) is 3.30. The van der Waals surface area contributed by atoms with E-state index in [-0.39, 0.29) is 12.6 Å². The largest absolute Gasteiger partial charge is 0.480 e. The Bertz CT molecular complexity index is 499. The summed E-state index contributed by atoms with van der Waals surface area (Å²) >= 11 is 6.48. The number of hydrogen-bond donors (Lipinski definition) is 1. The molecule has 0 spiro atoms. The highest BCUT2D eigenvalue weighted by Gasteiger charge is 2.32. The van der Waals surface area contributed by atoms with Gasteiger partial charge in [0.05, 0.1) is 12.2 Å². The Morgan fingerprint density at radius 3 is 2.85 bits per heavy atom. The van der Waals surface area contributed by atoms with E-state index in [1.807, 2.05) is 16.5 Å². The van der Waals surface area contributed by atoms with Crippen molar-refractivity contribution in [2.45, 2.75) is 46.2 Å². The van der Waals surface area contributed by atoms with Gasteiger partial charge < -0.3 is 5.11 Å². The molecule has 1 N–H and O–H groups in total. The fraction of sp³-hybridized carbons (Fsp3) is 0.714. The maximum atomic E-state index is 11.0. The molecule has 0 aromatic carbocycles. The van der Waals surface area contributed by atoms with Crippen LogP contribution in [0.15, 0.2) is 0 Å². The van der Waals surface area contributed by atoms with Crippen molar-refractivity contribution in [3.05, 3.63) is 16.4 Å². The quantitative estimate of drug-likeness (QED) is 0.908. The molecule has 0 saturated carbocycles. The average molecular weight is 300 g/mol. The summed E-state index contributed by atoms with van der Waals surface area (Å²) in [6.45, 7) is 7.86. The Hall–Kier alpha value is -1.07. The van der Waals surface area contributed by atoms with Crippen molar-refractivity contribution in [2.75, 3.05) is 13.1 Å². The molecule has 20 heavy (non-hydrogen) atoms. The Kier molecular flexibility index (Phi) is 4.70. The standard InChI is InChI=1S/C14H22ClN3O2/c1-9(2)7-18-14(15)13(10(3)16-18)11-5-4-6-17(11)8-12(19)20/h9,11H,4-8H2,1-3H3,(H,19,20)/t11-/m0/s1. The first kappa shape index (κ1) is 15.3. The highest BCUT2D eigenvalue weighted by atomic mass is 35.5. The van der Waals surface area contributed by atoms with Gasteiger partial charge in [0.25, 0.3) is 0 Å². The molecule has 1 aliphatic rings. The monoisotopic (exact) mass is 299 g/mol. The first-order valence-corrected chi connectivity index (χ1v) is 7.46. The second-order valence-electron chi connectivity index (χ2n) is 5.89. The number of aryl methyl sites for hydroxylation is 1. The number of hydrogen-bond acceptors (Lipinski definition) is 3. The molecule has 0 unspecified atom stereocenters. The lowest BCUT2D eigenvalue weighted by molar-refractivity contribution is -0.138. The third-order valence-electron chi connectivity index (χ3n) is 3.68. The SMILES string of the molecule is Cc1nn(CC(C)C)c(Cl)c1[C@@H]1CCCN1CC(=O)O. The van der Waals surface area contributed by atoms with E-state index < -0.39 is 5.97 Å². The van der Waals surface area contributed by atoms with Gasteiger partial charge in [0.15, 0.2) is 0 Å². The van der Waals surface area contributed by atoms with Crippen molar-refractivity contribution in [3.8, 4) is 0 Å². The van der Waals surface area contributed by atoms with Gasteiger partial charge in [-0.25, -0.2) is 0 Å². The van der Waals surface area contributed by atoms with Crippen LogP contribution in [0.4, 0.5) is 0 Å². The molecule has 0 radical (unpaired) electrons. The number of aliphatic carboxylic acids is 1. The van der Waals surface area contributed by atoms with E-state index in [1.165, 1.54) is 0 Å². The minimum absolute atomic E-state index is 0.0653. The zero-order chi connectivity index (χ0) is 14.9. The van der Waals surface area contributed by atoms with Crippen molar-refractivity contribution in [2.24, 2.45) is 5.92 Å². The van der Waals surface area contributed by atoms with Gasteiger partial charge in [-0.05, 0) is 32.2 Å². The third-order valence-corrected chi connectivity index (χ3v) is 4.08. The van der Waals surface area contributed by atoms with Crippen LogP contribution in [0, 0.1) is 12.8 Å². The molecule has 0 bridgehead atoms. The molecule has 1 fully saturated rings. The van der Waals surface area contributed by atoms with Crippen LogP contribution in [0.25, 0.3) is 0 Å². The highest BCUT2D eigenvalue weighted by Crippen LogP contribution is 2.37. The van der Waals surface area contributed by atoms with Crippen molar-refractivity contribution >= 4 is 17.6 Å². The Labute approximate surface area is 124 Å². The minimum atomic E-state index is -0.791. The van der Waals surface area contributed by atoms with Crippen LogP contribution in [-0.2, 0) is 11.3 Å². The molecule has 2 rings (SSSR count). The zero-order valence-corrected chi connectivity index (χ0v) is 13.0. The smallest absolute Gasteiger partial charge is 0.317 e. The van der Waals surface area contributed by atoms with Gasteiger partial charge in [-0.15, -0.1) is 0 Å². The van der Waals surface area contributed by atoms with Gasteiger partial charge in [-0.1, -0.05) is 25.4 Å². The highest BCUT2D eigenvalue weighted by molar-refractivity contribution is 6.30. The lowest BCUT2D eigenvalue weighted by Crippen LogP contribution is -2.29. The van der Waals surface area contributed by atoms with E-state index in [2.05, 4.69) is 18.9 Å². The van der Waals surface area contributed by atoms with Gasteiger partial charge in [0.2, 0.25) is 0 Å². The van der Waals surface area contributed by atoms with Gasteiger partial charge >= 0.3 is 5.97 Å². The second-order valence-corrected chi connectivity index (χ2v) is 6.25. The van der Waals surface area contributed by atoms with Crippen molar-refractivity contribution in [1.29, 1.82) is 0 Å². The third kappa shape index (κ3) is 3.15. The molecule has 0 aliphatic carbocycles. The van der Waals surface area contributed by atoms with E-state index in [0.29, 0.717) is 11.1 Å². The Morgan fingerprint density at radius 1 is 1.55 bits per heavy atom. The number of rotatable bonds is 5. The van der Waals surface area contributed by atoms with Crippen molar-refractivity contribution in [1.82, 2.24) is 14.7 Å². The van der Waals surface area contributed by atoms with Gasteiger partial charge in [-0.2, -0.15) is 5.10 Å². The van der Waals surface area contributed by atoms with Crippen LogP contribution in [-0.4, -0.2) is 38.8 Å². The summed E-state index contributed by atoms with van der Waals surface area (Å²) in [5, 5.41) is 14.2. The summed E-state index contributed by atoms with van der Waals surface area (Å²) < 4.78 is 1.84. The molecule has 112 valence electrons. The summed E-state index contributed by atoms with van der Waals surface area (Å²) in [5.74, 6) is -0.321. The van der Waals surface area contributed by atoms with Crippen LogP contribution in [0.2, 0.25) is 5.15 Å². The maximum Gasteiger partial charge on any atom is 0.317 e. The molecule has 5 nitrogen and oxygen atoms in total. The van der Waals surface area contributed by atoms with Gasteiger partial charge in [-0.3, -0.25) is 14.4 Å². The summed E-state index contributed by atoms with van der Waals surface area (Å²) in [5.41, 5.74) is 1.92.